The van der Waals surface area contributed by atoms with Gasteiger partial charge in [-0.15, -0.1) is 11.8 Å². The molecule has 13 nitrogen and oxygen atoms in total. The van der Waals surface area contributed by atoms with Gasteiger partial charge in [-0.05, 0) is 73.4 Å². The number of thioether (sulfide) groups is 1. The van der Waals surface area contributed by atoms with Crippen LogP contribution in [0.15, 0.2) is 70.2 Å². The van der Waals surface area contributed by atoms with Gasteiger partial charge in [-0.25, -0.2) is 18.0 Å². The zero-order chi connectivity index (χ0) is 40.7. The summed E-state index contributed by atoms with van der Waals surface area (Å²) < 4.78 is 41.0. The van der Waals surface area contributed by atoms with Gasteiger partial charge in [0, 0.05) is 56.3 Å². The van der Waals surface area contributed by atoms with Gasteiger partial charge in [-0.1, -0.05) is 41.4 Å². The van der Waals surface area contributed by atoms with Gasteiger partial charge in [-0.3, -0.25) is 14.4 Å². The van der Waals surface area contributed by atoms with Crippen LogP contribution in [0, 0.1) is 0 Å². The lowest BCUT2D eigenvalue weighted by Crippen LogP contribution is -2.50. The maximum Gasteiger partial charge on any atom is 0.332 e. The zero-order valence-electron chi connectivity index (χ0n) is 31.1. The molecule has 1 unspecified atom stereocenters. The van der Waals surface area contributed by atoms with Crippen LogP contribution in [0.4, 0.5) is 0 Å². The van der Waals surface area contributed by atoms with Crippen molar-refractivity contribution in [2.75, 3.05) is 18.6 Å². The molecule has 3 atom stereocenters. The third-order valence-corrected chi connectivity index (χ3v) is 12.9. The molecule has 4 aromatic rings. The number of nitrogens with one attached hydrogen (secondary N) is 1. The van der Waals surface area contributed by atoms with Crippen LogP contribution in [0.5, 0.6) is 0 Å². The molecular weight excluding hydrogens is 805 g/mol. The number of carbonyl (C=O) groups is 5. The van der Waals surface area contributed by atoms with Crippen molar-refractivity contribution in [2.45, 2.75) is 75.2 Å². The molecule has 1 saturated heterocycles. The minimum absolute atomic E-state index is 0.00191. The number of amides is 3. The van der Waals surface area contributed by atoms with Crippen LogP contribution in [0.25, 0.3) is 11.0 Å². The highest BCUT2D eigenvalue weighted by Crippen LogP contribution is 2.39. The highest BCUT2D eigenvalue weighted by atomic mass is 35.5. The van der Waals surface area contributed by atoms with E-state index in [0.29, 0.717) is 40.8 Å². The molecule has 17 heteroatoms. The molecule has 6 rings (SSSR count). The second-order valence-corrected chi connectivity index (χ2v) is 18.5. The molecule has 0 spiro atoms. The third kappa shape index (κ3) is 8.70. The monoisotopic (exact) mass is 843 g/mol. The lowest BCUT2D eigenvalue weighted by Gasteiger charge is -2.33. The van der Waals surface area contributed by atoms with E-state index in [9.17, 15) is 32.4 Å². The summed E-state index contributed by atoms with van der Waals surface area (Å²) in [5.41, 5.74) is 2.56. The second-order valence-electron chi connectivity index (χ2n) is 14.1. The average Bonchev–Trinajstić information content (AvgIpc) is 3.73. The number of esters is 2. The Morgan fingerprint density at radius 3 is 2.52 bits per heavy atom. The van der Waals surface area contributed by atoms with Crippen molar-refractivity contribution >= 4 is 85.4 Å². The zero-order valence-corrected chi connectivity index (χ0v) is 34.2. The predicted molar refractivity (Wildman–Crippen MR) is 210 cm³/mol. The van der Waals surface area contributed by atoms with Crippen LogP contribution in [0.1, 0.15) is 65.1 Å². The molecular formula is C39H39Cl2N3O10S2. The fourth-order valence-electron chi connectivity index (χ4n) is 6.95. The van der Waals surface area contributed by atoms with E-state index >= 15 is 0 Å². The lowest BCUT2D eigenvalue weighted by molar-refractivity contribution is -0.190. The number of rotatable bonds is 10. The first-order valence-electron chi connectivity index (χ1n) is 17.5. The number of furan rings is 1. The van der Waals surface area contributed by atoms with E-state index < -0.39 is 50.9 Å². The third-order valence-electron chi connectivity index (χ3n) is 9.64. The van der Waals surface area contributed by atoms with Crippen molar-refractivity contribution in [2.24, 2.45) is 0 Å². The topological polar surface area (TPSA) is 170 Å². The molecule has 2 aliphatic heterocycles. The molecule has 1 N–H and O–H groups in total. The number of sulfone groups is 1. The number of benzene rings is 3. The van der Waals surface area contributed by atoms with Gasteiger partial charge in [-0.2, -0.15) is 0 Å². The number of fused-ring (bicyclic) bond motifs is 2. The van der Waals surface area contributed by atoms with E-state index in [0.717, 1.165) is 11.6 Å². The van der Waals surface area contributed by atoms with Crippen molar-refractivity contribution in [1.82, 2.24) is 15.1 Å². The first-order valence-corrected chi connectivity index (χ1v) is 21.2. The Kier molecular flexibility index (Phi) is 11.8. The minimum atomic E-state index is -3.61. The van der Waals surface area contributed by atoms with Crippen LogP contribution in [-0.2, 0) is 53.1 Å². The van der Waals surface area contributed by atoms with Crippen LogP contribution >= 0.6 is 35.0 Å². The van der Waals surface area contributed by atoms with Gasteiger partial charge >= 0.3 is 11.9 Å². The fourth-order valence-corrected chi connectivity index (χ4v) is 9.65. The Bertz CT molecular complexity index is 2360. The first kappa shape index (κ1) is 41.1. The quantitative estimate of drug-likeness (QED) is 0.151. The van der Waals surface area contributed by atoms with Crippen molar-refractivity contribution in [3.8, 4) is 0 Å². The lowest BCUT2D eigenvalue weighted by atomic mass is 9.95. The van der Waals surface area contributed by atoms with E-state index in [-0.39, 0.29) is 51.0 Å². The summed E-state index contributed by atoms with van der Waals surface area (Å²) in [4.78, 5) is 69.0. The molecule has 0 radical (unpaired) electrons. The Morgan fingerprint density at radius 1 is 1.05 bits per heavy atom. The molecule has 3 heterocycles. The van der Waals surface area contributed by atoms with Gasteiger partial charge in [0.2, 0.25) is 12.2 Å². The Hall–Kier alpha value is -4.57. The molecule has 0 saturated carbocycles. The maximum atomic E-state index is 14.0. The number of hydrogen-bond acceptors (Lipinski definition) is 11. The molecule has 0 bridgehead atoms. The standard InChI is InChI=1S/C39H39Cl2N3O10S2/c1-21(45)44-31(20-55-39(44,3)4)38(49)54-22(2)53-37(48)30(16-23-7-6-8-27(15-23)56(5,50)51)42-35(46)33-29(40)17-26-19-43(13-11-28(26)34(33)41)36(47)25-10-9-24-12-14-52-32(24)18-25/h6-10,12,14-15,17-18,22,30-31H,11,13,16,19-20H2,1-5H3,(H,42,46)/t22?,30-,31-/m0/s1. The van der Waals surface area contributed by atoms with Crippen LogP contribution < -0.4 is 5.32 Å². The summed E-state index contributed by atoms with van der Waals surface area (Å²) in [6, 6.07) is 12.1. The second kappa shape index (κ2) is 16.1. The summed E-state index contributed by atoms with van der Waals surface area (Å²) in [5.74, 6) is -2.85. The molecule has 296 valence electrons. The number of ether oxygens (including phenoxy) is 2. The summed E-state index contributed by atoms with van der Waals surface area (Å²) in [5, 5.41) is 3.53. The molecule has 56 heavy (non-hydrogen) atoms. The number of halogens is 2. The molecule has 1 fully saturated rings. The van der Waals surface area contributed by atoms with Crippen molar-refractivity contribution in [1.29, 1.82) is 0 Å². The summed E-state index contributed by atoms with van der Waals surface area (Å²) in [7, 11) is -3.61. The van der Waals surface area contributed by atoms with Crippen LogP contribution in [-0.4, -0.2) is 89.7 Å². The van der Waals surface area contributed by atoms with E-state index in [1.165, 1.54) is 48.7 Å². The molecule has 3 amide bonds. The van der Waals surface area contributed by atoms with Gasteiger partial charge in [0.05, 0.1) is 31.6 Å². The van der Waals surface area contributed by atoms with Crippen LogP contribution in [0.3, 0.4) is 0 Å². The van der Waals surface area contributed by atoms with E-state index in [1.54, 1.807) is 47.6 Å². The molecule has 2 aliphatic rings. The first-order chi connectivity index (χ1) is 26.3. The smallest absolute Gasteiger partial charge is 0.332 e. The normalized spacial score (nSPS) is 17.5. The average molecular weight is 845 g/mol. The van der Waals surface area contributed by atoms with Crippen molar-refractivity contribution < 1.29 is 46.3 Å². The van der Waals surface area contributed by atoms with Crippen molar-refractivity contribution in [3.63, 3.8) is 0 Å². The highest BCUT2D eigenvalue weighted by molar-refractivity contribution is 8.00. The van der Waals surface area contributed by atoms with Crippen LogP contribution in [0.2, 0.25) is 10.0 Å². The fraction of sp³-hybridized carbons (Fsp3) is 0.359. The Labute approximate surface area is 337 Å². The van der Waals surface area contributed by atoms with E-state index in [4.69, 9.17) is 37.1 Å². The van der Waals surface area contributed by atoms with Gasteiger partial charge in [0.15, 0.2) is 9.84 Å². The summed E-state index contributed by atoms with van der Waals surface area (Å²) in [6.45, 7) is 6.77. The molecule has 1 aromatic heterocycles. The predicted octanol–water partition coefficient (Wildman–Crippen LogP) is 5.82. The summed E-state index contributed by atoms with van der Waals surface area (Å²) >= 11 is 14.9. The minimum Gasteiger partial charge on any atom is -0.464 e. The maximum absolute atomic E-state index is 14.0. The Morgan fingerprint density at radius 2 is 1.80 bits per heavy atom. The van der Waals surface area contributed by atoms with E-state index in [1.807, 2.05) is 13.8 Å². The largest absolute Gasteiger partial charge is 0.464 e. The summed E-state index contributed by atoms with van der Waals surface area (Å²) in [6.07, 6.45) is 1.25. The SMILES string of the molecule is CC(=O)N1[C@H](C(=O)OC(C)OC(=O)[C@H](Cc2cccc(S(C)(=O)=O)c2)NC(=O)c2c(Cl)cc3c(c2Cl)CCN(C(=O)c2ccc4ccoc4c2)C3)CSC1(C)C. The van der Waals surface area contributed by atoms with Gasteiger partial charge in [0.1, 0.15) is 17.7 Å². The number of nitrogens with zero attached hydrogens (tertiary/aromatic N) is 2. The number of hydrogen-bond donors (Lipinski definition) is 1. The molecule has 3 aromatic carbocycles. The van der Waals surface area contributed by atoms with E-state index in [2.05, 4.69) is 5.32 Å². The van der Waals surface area contributed by atoms with Gasteiger partial charge < -0.3 is 29.0 Å². The number of carbonyl (C=O) groups excluding carboxylic acids is 5. The van der Waals surface area contributed by atoms with Crippen molar-refractivity contribution in [3.05, 3.63) is 98.7 Å². The van der Waals surface area contributed by atoms with Gasteiger partial charge in [0.25, 0.3) is 11.8 Å². The highest BCUT2D eigenvalue weighted by Gasteiger charge is 2.46. The Balaban J connectivity index is 1.21. The molecule has 0 aliphatic carbocycles.